The largest absolute Gasteiger partial charge is 0.378 e. The molecular weight excluding hydrogens is 488 g/mol. The molecule has 36 heavy (non-hydrogen) atoms. The van der Waals surface area contributed by atoms with Gasteiger partial charge in [0.1, 0.15) is 0 Å². The van der Waals surface area contributed by atoms with Gasteiger partial charge in [0.2, 0.25) is 29.3 Å². The van der Waals surface area contributed by atoms with Crippen LogP contribution in [0.1, 0.15) is 48.8 Å². The Balaban J connectivity index is 1.76. The number of carbonyl (C=O) groups excluding carboxylic acids is 3. The van der Waals surface area contributed by atoms with E-state index < -0.39 is 39.2 Å². The number of nitrogens with one attached hydrogen (secondary N) is 1. The molecule has 2 heterocycles. The van der Waals surface area contributed by atoms with Crippen LogP contribution in [0.25, 0.3) is 0 Å². The predicted molar refractivity (Wildman–Crippen MR) is 130 cm³/mol. The zero-order valence-corrected chi connectivity index (χ0v) is 21.3. The second-order valence-corrected chi connectivity index (χ2v) is 10.7. The van der Waals surface area contributed by atoms with Crippen molar-refractivity contribution in [3.8, 4) is 0 Å². The molecule has 1 aromatic carbocycles. The number of benzene rings is 1. The monoisotopic (exact) mass is 520 g/mol. The molecular formula is C24H32N4O7S. The third-order valence-electron chi connectivity index (χ3n) is 5.87. The highest BCUT2D eigenvalue weighted by Crippen LogP contribution is 2.16. The van der Waals surface area contributed by atoms with Crippen molar-refractivity contribution in [2.24, 2.45) is 5.92 Å². The smallest absolute Gasteiger partial charge is 0.240 e. The van der Waals surface area contributed by atoms with Crippen LogP contribution in [0.4, 0.5) is 0 Å². The van der Waals surface area contributed by atoms with E-state index in [1.165, 1.54) is 0 Å². The Morgan fingerprint density at radius 3 is 2.42 bits per heavy atom. The fraction of sp³-hybridized carbons (Fsp3) is 0.542. The van der Waals surface area contributed by atoms with Crippen molar-refractivity contribution in [3.63, 3.8) is 0 Å². The van der Waals surface area contributed by atoms with Gasteiger partial charge in [-0.2, -0.15) is 4.98 Å². The summed E-state index contributed by atoms with van der Waals surface area (Å²) in [5.74, 6) is -3.39. The van der Waals surface area contributed by atoms with Crippen LogP contribution in [0.15, 0.2) is 34.9 Å². The van der Waals surface area contributed by atoms with Crippen LogP contribution in [-0.2, 0) is 36.3 Å². The molecule has 196 valence electrons. The molecule has 3 rings (SSSR count). The summed E-state index contributed by atoms with van der Waals surface area (Å²) < 4.78 is 36.2. The lowest BCUT2D eigenvalue weighted by molar-refractivity contribution is -0.139. The van der Waals surface area contributed by atoms with E-state index in [1.807, 2.05) is 0 Å². The molecule has 2 atom stereocenters. The number of Topliss-reactive ketones (excluding diaryl/α,β-unsaturated/α-hetero) is 1. The minimum atomic E-state index is -3.75. The van der Waals surface area contributed by atoms with Gasteiger partial charge < -0.3 is 19.5 Å². The fourth-order valence-electron chi connectivity index (χ4n) is 3.87. The number of amides is 2. The predicted octanol–water partition coefficient (Wildman–Crippen LogP) is 1.19. The topological polar surface area (TPSA) is 149 Å². The number of aromatic nitrogens is 2. The van der Waals surface area contributed by atoms with E-state index in [4.69, 9.17) is 9.26 Å². The van der Waals surface area contributed by atoms with Crippen LogP contribution < -0.4 is 5.32 Å². The van der Waals surface area contributed by atoms with E-state index >= 15 is 0 Å². The Kier molecular flexibility index (Phi) is 9.71. The van der Waals surface area contributed by atoms with E-state index in [1.54, 1.807) is 49.1 Å². The summed E-state index contributed by atoms with van der Waals surface area (Å²) in [4.78, 5) is 44.6. The van der Waals surface area contributed by atoms with Crippen molar-refractivity contribution >= 4 is 27.4 Å². The van der Waals surface area contributed by atoms with Gasteiger partial charge in [0.15, 0.2) is 9.84 Å². The summed E-state index contributed by atoms with van der Waals surface area (Å²) in [6, 6.07) is 7.63. The SMILES string of the molecule is CCc1nc(C(=O)C(CC)NC(=O)C(CC(=O)N2CCOCC2)CS(=O)(=O)Cc2ccccc2)no1. The molecule has 2 aromatic rings. The number of aryl methyl sites for hydroxylation is 1. The molecule has 1 aliphatic rings. The zero-order chi connectivity index (χ0) is 26.1. The number of hydrogen-bond acceptors (Lipinski definition) is 9. The Labute approximate surface area is 210 Å². The molecule has 1 aliphatic heterocycles. The number of hydrogen-bond donors (Lipinski definition) is 1. The molecule has 2 amide bonds. The highest BCUT2D eigenvalue weighted by atomic mass is 32.2. The van der Waals surface area contributed by atoms with Gasteiger partial charge in [0.05, 0.1) is 36.7 Å². The molecule has 0 spiro atoms. The van der Waals surface area contributed by atoms with Crippen molar-refractivity contribution in [1.29, 1.82) is 0 Å². The minimum Gasteiger partial charge on any atom is -0.378 e. The molecule has 12 heteroatoms. The van der Waals surface area contributed by atoms with E-state index in [0.717, 1.165) is 0 Å². The lowest BCUT2D eigenvalue weighted by Gasteiger charge is -2.28. The maximum absolute atomic E-state index is 13.3. The van der Waals surface area contributed by atoms with E-state index in [9.17, 15) is 22.8 Å². The molecule has 1 N–H and O–H groups in total. The standard InChI is InChI=1S/C24H32N4O7S/c1-3-19(22(30)23-26-20(4-2)35-27-23)25-24(31)18(14-21(29)28-10-12-34-13-11-28)16-36(32,33)15-17-8-6-5-7-9-17/h5-9,18-19H,3-4,10-16H2,1-2H3,(H,25,31). The van der Waals surface area contributed by atoms with Crippen LogP contribution in [-0.4, -0.2) is 79.2 Å². The molecule has 0 saturated carbocycles. The second kappa shape index (κ2) is 12.7. The first-order valence-corrected chi connectivity index (χ1v) is 13.8. The molecule has 1 saturated heterocycles. The van der Waals surface area contributed by atoms with Crippen LogP contribution in [0.5, 0.6) is 0 Å². The highest BCUT2D eigenvalue weighted by Gasteiger charge is 2.33. The molecule has 0 aliphatic carbocycles. The first kappa shape index (κ1) is 27.5. The highest BCUT2D eigenvalue weighted by molar-refractivity contribution is 7.90. The lowest BCUT2D eigenvalue weighted by atomic mass is 10.0. The van der Waals surface area contributed by atoms with Gasteiger partial charge in [-0.25, -0.2) is 8.42 Å². The summed E-state index contributed by atoms with van der Waals surface area (Å²) in [6.07, 6.45) is 0.378. The summed E-state index contributed by atoms with van der Waals surface area (Å²) in [6.45, 7) is 5.00. The molecule has 2 unspecified atom stereocenters. The Bertz CT molecular complexity index is 1140. The number of carbonyl (C=O) groups is 3. The molecule has 0 radical (unpaired) electrons. The van der Waals surface area contributed by atoms with Gasteiger partial charge in [-0.15, -0.1) is 0 Å². The number of ketones is 1. The van der Waals surface area contributed by atoms with Gasteiger partial charge in [-0.1, -0.05) is 49.3 Å². The van der Waals surface area contributed by atoms with E-state index in [0.29, 0.717) is 44.2 Å². The van der Waals surface area contributed by atoms with Gasteiger partial charge in [-0.05, 0) is 12.0 Å². The lowest BCUT2D eigenvalue weighted by Crippen LogP contribution is -2.47. The van der Waals surface area contributed by atoms with Crippen molar-refractivity contribution in [2.45, 2.75) is 44.9 Å². The summed E-state index contributed by atoms with van der Waals surface area (Å²) in [5.41, 5.74) is 0.585. The van der Waals surface area contributed by atoms with Crippen molar-refractivity contribution in [2.75, 3.05) is 32.1 Å². The molecule has 11 nitrogen and oxygen atoms in total. The van der Waals surface area contributed by atoms with Gasteiger partial charge >= 0.3 is 0 Å². The third-order valence-corrected chi connectivity index (χ3v) is 7.56. The van der Waals surface area contributed by atoms with E-state index in [-0.39, 0.29) is 30.3 Å². The Hall–Kier alpha value is -3.12. The summed E-state index contributed by atoms with van der Waals surface area (Å²) in [5, 5.41) is 6.29. The second-order valence-electron chi connectivity index (χ2n) is 8.63. The number of morpholine rings is 1. The number of nitrogens with zero attached hydrogens (tertiary/aromatic N) is 3. The van der Waals surface area contributed by atoms with Crippen LogP contribution in [0.3, 0.4) is 0 Å². The Morgan fingerprint density at radius 2 is 1.81 bits per heavy atom. The maximum atomic E-state index is 13.3. The van der Waals surface area contributed by atoms with Crippen molar-refractivity contribution in [1.82, 2.24) is 20.4 Å². The van der Waals surface area contributed by atoms with Crippen molar-refractivity contribution in [3.05, 3.63) is 47.6 Å². The average molecular weight is 521 g/mol. The molecule has 0 bridgehead atoms. The normalized spacial score (nSPS) is 15.8. The van der Waals surface area contributed by atoms with E-state index in [2.05, 4.69) is 15.5 Å². The van der Waals surface area contributed by atoms with Crippen LogP contribution in [0.2, 0.25) is 0 Å². The average Bonchev–Trinajstić information content (AvgIpc) is 3.36. The fourth-order valence-corrected chi connectivity index (χ4v) is 5.57. The van der Waals surface area contributed by atoms with Gasteiger partial charge in [-0.3, -0.25) is 14.4 Å². The van der Waals surface area contributed by atoms with Crippen LogP contribution in [0, 0.1) is 5.92 Å². The Morgan fingerprint density at radius 1 is 1.11 bits per heavy atom. The maximum Gasteiger partial charge on any atom is 0.240 e. The summed E-state index contributed by atoms with van der Waals surface area (Å²) >= 11 is 0. The van der Waals surface area contributed by atoms with Gasteiger partial charge in [0, 0.05) is 25.9 Å². The number of rotatable bonds is 12. The number of sulfone groups is 1. The first-order chi connectivity index (χ1) is 17.2. The zero-order valence-electron chi connectivity index (χ0n) is 20.5. The van der Waals surface area contributed by atoms with Crippen LogP contribution >= 0.6 is 0 Å². The van der Waals surface area contributed by atoms with Crippen molar-refractivity contribution < 1.29 is 32.1 Å². The quantitative estimate of drug-likeness (QED) is 0.407. The first-order valence-electron chi connectivity index (χ1n) is 12.0. The molecule has 1 aromatic heterocycles. The minimum absolute atomic E-state index is 0.156. The number of ether oxygens (including phenoxy) is 1. The molecule has 1 fully saturated rings. The van der Waals surface area contributed by atoms with Gasteiger partial charge in [0.25, 0.3) is 0 Å². The summed E-state index contributed by atoms with van der Waals surface area (Å²) in [7, 11) is -3.75. The third kappa shape index (κ3) is 7.69.